The number of nitrogens with one attached hydrogen (secondary N) is 1. The molecule has 0 aliphatic carbocycles. The van der Waals surface area contributed by atoms with E-state index >= 15 is 0 Å². The summed E-state index contributed by atoms with van der Waals surface area (Å²) in [5.74, 6) is 1.29. The van der Waals surface area contributed by atoms with E-state index in [9.17, 15) is 0 Å². The van der Waals surface area contributed by atoms with E-state index in [4.69, 9.17) is 23.2 Å². The Morgan fingerprint density at radius 1 is 1.29 bits per heavy atom. The highest BCUT2D eigenvalue weighted by Gasteiger charge is 1.92. The van der Waals surface area contributed by atoms with Crippen LogP contribution in [-0.2, 0) is 0 Å². The second kappa shape index (κ2) is 11.7. The van der Waals surface area contributed by atoms with Crippen LogP contribution < -0.4 is 5.32 Å². The third-order valence-electron chi connectivity index (χ3n) is 1.86. The summed E-state index contributed by atoms with van der Waals surface area (Å²) in [4.78, 5) is 0. The molecule has 0 rings (SSSR count). The second-order valence-corrected chi connectivity index (χ2v) is 4.83. The Labute approximate surface area is 102 Å². The quantitative estimate of drug-likeness (QED) is 0.629. The summed E-state index contributed by atoms with van der Waals surface area (Å²) in [5, 5.41) is 3.91. The van der Waals surface area contributed by atoms with Crippen LogP contribution >= 0.6 is 35.0 Å². The zero-order valence-electron chi connectivity index (χ0n) is 8.69. The Hall–Kier alpha value is 0.630. The summed E-state index contributed by atoms with van der Waals surface area (Å²) >= 11 is 13.0. The van der Waals surface area contributed by atoms with Crippen LogP contribution in [0.5, 0.6) is 0 Å². The van der Waals surface area contributed by atoms with Gasteiger partial charge in [0, 0.05) is 17.1 Å². The van der Waals surface area contributed by atoms with Crippen molar-refractivity contribution < 1.29 is 0 Å². The molecule has 4 heteroatoms. The van der Waals surface area contributed by atoms with E-state index in [0.717, 1.165) is 6.54 Å². The van der Waals surface area contributed by atoms with E-state index in [1.165, 1.54) is 37.0 Å². The summed E-state index contributed by atoms with van der Waals surface area (Å²) < 4.78 is 0. The van der Waals surface area contributed by atoms with Gasteiger partial charge in [-0.25, -0.2) is 0 Å². The number of unbranched alkanes of at least 4 members (excludes halogenated alkanes) is 3. The van der Waals surface area contributed by atoms with Crippen LogP contribution in [0.15, 0.2) is 10.6 Å². The highest BCUT2D eigenvalue weighted by molar-refractivity contribution is 7.98. The molecular formula is C10H19Cl2NS. The Morgan fingerprint density at radius 2 is 2.00 bits per heavy atom. The minimum atomic E-state index is 0.675. The van der Waals surface area contributed by atoms with Gasteiger partial charge in [0.15, 0.2) is 0 Å². The van der Waals surface area contributed by atoms with Crippen molar-refractivity contribution in [3.63, 3.8) is 0 Å². The third-order valence-corrected chi connectivity index (χ3v) is 3.18. The summed E-state index contributed by atoms with van der Waals surface area (Å²) in [7, 11) is 0. The molecule has 0 aliphatic heterocycles. The van der Waals surface area contributed by atoms with Gasteiger partial charge in [-0.1, -0.05) is 36.0 Å². The first kappa shape index (κ1) is 14.6. The molecule has 1 nitrogen and oxygen atoms in total. The van der Waals surface area contributed by atoms with Crippen LogP contribution in [0.3, 0.4) is 0 Å². The van der Waals surface area contributed by atoms with Gasteiger partial charge in [0.1, 0.15) is 0 Å². The molecule has 0 saturated heterocycles. The van der Waals surface area contributed by atoms with Gasteiger partial charge in [-0.2, -0.15) is 11.8 Å². The lowest BCUT2D eigenvalue weighted by Gasteiger charge is -2.03. The molecule has 0 bridgehead atoms. The highest BCUT2D eigenvalue weighted by atomic mass is 35.5. The van der Waals surface area contributed by atoms with Crippen molar-refractivity contribution in [3.05, 3.63) is 10.6 Å². The standard InChI is InChI=1S/C10H19Cl2NS/c1-14-7-5-3-2-4-6-13-9-10(12)8-11/h8,13H,2-7,9H2,1H3. The minimum Gasteiger partial charge on any atom is -0.312 e. The van der Waals surface area contributed by atoms with E-state index in [1.807, 2.05) is 11.8 Å². The van der Waals surface area contributed by atoms with E-state index < -0.39 is 0 Å². The van der Waals surface area contributed by atoms with Crippen LogP contribution in [0, 0.1) is 0 Å². The van der Waals surface area contributed by atoms with Crippen LogP contribution in [0.1, 0.15) is 25.7 Å². The van der Waals surface area contributed by atoms with E-state index in [-0.39, 0.29) is 0 Å². The van der Waals surface area contributed by atoms with Crippen LogP contribution in [0.25, 0.3) is 0 Å². The Kier molecular flexibility index (Phi) is 12.2. The number of rotatable bonds is 9. The van der Waals surface area contributed by atoms with Crippen LogP contribution in [0.4, 0.5) is 0 Å². The van der Waals surface area contributed by atoms with Crippen molar-refractivity contribution in [2.24, 2.45) is 0 Å². The molecule has 0 aromatic carbocycles. The van der Waals surface area contributed by atoms with Gasteiger partial charge in [0.25, 0.3) is 0 Å². The second-order valence-electron chi connectivity index (χ2n) is 3.14. The maximum atomic E-state index is 5.71. The monoisotopic (exact) mass is 255 g/mol. The van der Waals surface area contributed by atoms with Gasteiger partial charge in [-0.15, -0.1) is 0 Å². The smallest absolute Gasteiger partial charge is 0.0431 e. The van der Waals surface area contributed by atoms with Gasteiger partial charge in [0.2, 0.25) is 0 Å². The lowest BCUT2D eigenvalue weighted by atomic mass is 10.2. The molecule has 0 saturated carbocycles. The Bertz CT molecular complexity index is 151. The van der Waals surface area contributed by atoms with Crippen molar-refractivity contribution in [1.82, 2.24) is 5.32 Å². The van der Waals surface area contributed by atoms with Gasteiger partial charge in [-0.3, -0.25) is 0 Å². The fourth-order valence-electron chi connectivity index (χ4n) is 1.10. The van der Waals surface area contributed by atoms with Gasteiger partial charge < -0.3 is 5.32 Å². The van der Waals surface area contributed by atoms with Crippen molar-refractivity contribution in [2.75, 3.05) is 25.1 Å². The fourth-order valence-corrected chi connectivity index (χ4v) is 1.76. The third kappa shape index (κ3) is 10.7. The van der Waals surface area contributed by atoms with Crippen molar-refractivity contribution in [1.29, 1.82) is 0 Å². The molecule has 0 aliphatic rings. The van der Waals surface area contributed by atoms with Gasteiger partial charge >= 0.3 is 0 Å². The molecule has 0 aromatic rings. The Balaban J connectivity index is 2.99. The summed E-state index contributed by atoms with van der Waals surface area (Å²) in [5.41, 5.74) is 1.41. The van der Waals surface area contributed by atoms with E-state index in [0.29, 0.717) is 11.6 Å². The molecule has 0 fully saturated rings. The number of hydrogen-bond donors (Lipinski definition) is 1. The number of thioether (sulfide) groups is 1. The molecule has 0 radical (unpaired) electrons. The molecule has 0 amide bonds. The number of halogens is 2. The first-order chi connectivity index (χ1) is 6.81. The minimum absolute atomic E-state index is 0.675. The zero-order valence-corrected chi connectivity index (χ0v) is 11.0. The molecule has 14 heavy (non-hydrogen) atoms. The largest absolute Gasteiger partial charge is 0.312 e. The molecule has 0 aromatic heterocycles. The zero-order chi connectivity index (χ0) is 10.6. The average Bonchev–Trinajstić information content (AvgIpc) is 2.21. The van der Waals surface area contributed by atoms with Crippen LogP contribution in [-0.4, -0.2) is 25.1 Å². The molecule has 0 atom stereocenters. The lowest BCUT2D eigenvalue weighted by Crippen LogP contribution is -2.16. The highest BCUT2D eigenvalue weighted by Crippen LogP contribution is 2.04. The van der Waals surface area contributed by atoms with Crippen LogP contribution in [0.2, 0.25) is 0 Å². The van der Waals surface area contributed by atoms with Crippen molar-refractivity contribution in [3.8, 4) is 0 Å². The fraction of sp³-hybridized carbons (Fsp3) is 0.800. The first-order valence-electron chi connectivity index (χ1n) is 4.95. The molecule has 1 N–H and O–H groups in total. The average molecular weight is 256 g/mol. The summed E-state index contributed by atoms with van der Waals surface area (Å²) in [6, 6.07) is 0. The molecule has 0 unspecified atom stereocenters. The summed E-state index contributed by atoms with van der Waals surface area (Å²) in [6.07, 6.45) is 7.35. The summed E-state index contributed by atoms with van der Waals surface area (Å²) in [6.45, 7) is 1.72. The van der Waals surface area contributed by atoms with E-state index in [2.05, 4.69) is 11.6 Å². The predicted octanol–water partition coefficient (Wildman–Crippen LogP) is 3.82. The number of hydrogen-bond acceptors (Lipinski definition) is 2. The van der Waals surface area contributed by atoms with E-state index in [1.54, 1.807) is 0 Å². The maximum Gasteiger partial charge on any atom is 0.0431 e. The molecule has 0 heterocycles. The van der Waals surface area contributed by atoms with Crippen molar-refractivity contribution in [2.45, 2.75) is 25.7 Å². The Morgan fingerprint density at radius 3 is 2.64 bits per heavy atom. The van der Waals surface area contributed by atoms with Crippen molar-refractivity contribution >= 4 is 35.0 Å². The normalized spacial score (nSPS) is 12.1. The maximum absolute atomic E-state index is 5.71. The molecule has 84 valence electrons. The lowest BCUT2D eigenvalue weighted by molar-refractivity contribution is 0.621. The topological polar surface area (TPSA) is 12.0 Å². The van der Waals surface area contributed by atoms with Gasteiger partial charge in [-0.05, 0) is 31.4 Å². The van der Waals surface area contributed by atoms with Gasteiger partial charge in [0.05, 0.1) is 0 Å². The molecule has 0 spiro atoms. The predicted molar refractivity (Wildman–Crippen MR) is 69.5 cm³/mol. The first-order valence-corrected chi connectivity index (χ1v) is 7.16. The molecular weight excluding hydrogens is 237 g/mol. The SMILES string of the molecule is CSCCCCCCNCC(Cl)=CCl.